The van der Waals surface area contributed by atoms with Gasteiger partial charge in [-0.05, 0) is 6.42 Å². The van der Waals surface area contributed by atoms with E-state index in [9.17, 15) is 4.79 Å². The lowest BCUT2D eigenvalue weighted by atomic mass is 10.1. The van der Waals surface area contributed by atoms with E-state index in [0.717, 1.165) is 18.8 Å². The molecule has 0 radical (unpaired) electrons. The summed E-state index contributed by atoms with van der Waals surface area (Å²) in [6.07, 6.45) is 6.70. The molecule has 1 aromatic heterocycles. The number of hydrogen-bond acceptors (Lipinski definition) is 4. The van der Waals surface area contributed by atoms with Crippen molar-refractivity contribution in [2.24, 2.45) is 0 Å². The Kier molecular flexibility index (Phi) is 1.83. The third kappa shape index (κ3) is 1.35. The maximum Gasteiger partial charge on any atom is 0.222 e. The average Bonchev–Trinajstić information content (AvgIpc) is 2.77. The highest BCUT2D eigenvalue weighted by Crippen LogP contribution is 2.28. The van der Waals surface area contributed by atoms with Gasteiger partial charge >= 0.3 is 0 Å². The number of amides is 1. The van der Waals surface area contributed by atoms with Crippen molar-refractivity contribution in [3.05, 3.63) is 18.6 Å². The summed E-state index contributed by atoms with van der Waals surface area (Å²) in [5.41, 5.74) is 0. The smallest absolute Gasteiger partial charge is 0.222 e. The summed E-state index contributed by atoms with van der Waals surface area (Å²) in [6, 6.07) is 0.578. The molecule has 78 valence electrons. The first-order chi connectivity index (χ1) is 7.34. The summed E-state index contributed by atoms with van der Waals surface area (Å²) in [7, 11) is 0. The Morgan fingerprint density at radius 2 is 2.40 bits per heavy atom. The highest BCUT2D eigenvalue weighted by atomic mass is 16.2. The zero-order valence-electron chi connectivity index (χ0n) is 8.26. The number of anilines is 1. The molecule has 0 bridgehead atoms. The third-order valence-corrected chi connectivity index (χ3v) is 3.13. The minimum atomic E-state index is 0.151. The third-order valence-electron chi connectivity index (χ3n) is 3.13. The van der Waals surface area contributed by atoms with Gasteiger partial charge in [0.05, 0.1) is 18.3 Å². The van der Waals surface area contributed by atoms with Crippen molar-refractivity contribution in [1.82, 2.24) is 15.3 Å². The Bertz CT molecular complexity index is 380. The average molecular weight is 204 g/mol. The van der Waals surface area contributed by atoms with Crippen LogP contribution >= 0.6 is 0 Å². The van der Waals surface area contributed by atoms with Gasteiger partial charge < -0.3 is 10.2 Å². The van der Waals surface area contributed by atoms with E-state index in [2.05, 4.69) is 20.2 Å². The fourth-order valence-corrected chi connectivity index (χ4v) is 2.45. The van der Waals surface area contributed by atoms with Crippen LogP contribution in [-0.2, 0) is 4.79 Å². The molecule has 5 nitrogen and oxygen atoms in total. The molecule has 0 unspecified atom stereocenters. The van der Waals surface area contributed by atoms with E-state index in [1.165, 1.54) is 0 Å². The van der Waals surface area contributed by atoms with Crippen molar-refractivity contribution >= 4 is 11.7 Å². The topological polar surface area (TPSA) is 58.1 Å². The summed E-state index contributed by atoms with van der Waals surface area (Å²) in [5.74, 6) is 1.03. The molecule has 0 aromatic carbocycles. The lowest BCUT2D eigenvalue weighted by molar-refractivity contribution is -0.119. The molecule has 2 fully saturated rings. The minimum Gasteiger partial charge on any atom is -0.351 e. The van der Waals surface area contributed by atoms with Crippen molar-refractivity contribution in [3.63, 3.8) is 0 Å². The van der Waals surface area contributed by atoms with Gasteiger partial charge in [-0.15, -0.1) is 0 Å². The molecule has 2 saturated heterocycles. The number of carbonyl (C=O) groups is 1. The van der Waals surface area contributed by atoms with Gasteiger partial charge in [-0.25, -0.2) is 4.98 Å². The van der Waals surface area contributed by atoms with E-state index in [-0.39, 0.29) is 11.9 Å². The van der Waals surface area contributed by atoms with Gasteiger partial charge in [-0.2, -0.15) is 0 Å². The number of fused-ring (bicyclic) bond motifs is 1. The van der Waals surface area contributed by atoms with Gasteiger partial charge in [0, 0.05) is 25.4 Å². The van der Waals surface area contributed by atoms with Crippen LogP contribution < -0.4 is 10.2 Å². The van der Waals surface area contributed by atoms with Gasteiger partial charge in [0.25, 0.3) is 0 Å². The highest BCUT2D eigenvalue weighted by molar-refractivity contribution is 5.81. The summed E-state index contributed by atoms with van der Waals surface area (Å²) in [4.78, 5) is 21.8. The van der Waals surface area contributed by atoms with Crippen molar-refractivity contribution in [2.75, 3.05) is 11.4 Å². The molecular formula is C10H12N4O. The molecule has 0 saturated carbocycles. The summed E-state index contributed by atoms with van der Waals surface area (Å²) < 4.78 is 0. The van der Waals surface area contributed by atoms with Gasteiger partial charge in [-0.1, -0.05) is 0 Å². The monoisotopic (exact) mass is 204 g/mol. The zero-order chi connectivity index (χ0) is 10.3. The molecular weight excluding hydrogens is 192 g/mol. The lowest BCUT2D eigenvalue weighted by Crippen LogP contribution is -2.34. The van der Waals surface area contributed by atoms with Crippen LogP contribution in [0.2, 0.25) is 0 Å². The van der Waals surface area contributed by atoms with E-state index in [0.29, 0.717) is 12.5 Å². The van der Waals surface area contributed by atoms with Crippen molar-refractivity contribution in [2.45, 2.75) is 24.9 Å². The Morgan fingerprint density at radius 3 is 3.20 bits per heavy atom. The second-order valence-corrected chi connectivity index (χ2v) is 3.99. The summed E-state index contributed by atoms with van der Waals surface area (Å²) in [5, 5.41) is 2.99. The van der Waals surface area contributed by atoms with Gasteiger partial charge in [0.1, 0.15) is 5.82 Å². The summed E-state index contributed by atoms with van der Waals surface area (Å²) in [6.45, 7) is 0.953. The van der Waals surface area contributed by atoms with Gasteiger partial charge in [0.15, 0.2) is 0 Å². The fraction of sp³-hybridized carbons (Fsp3) is 0.500. The maximum atomic E-state index is 11.3. The number of hydrogen-bond donors (Lipinski definition) is 1. The van der Waals surface area contributed by atoms with Crippen LogP contribution in [0.1, 0.15) is 12.8 Å². The normalized spacial score (nSPS) is 29.1. The first kappa shape index (κ1) is 8.64. The van der Waals surface area contributed by atoms with Crippen molar-refractivity contribution in [1.29, 1.82) is 0 Å². The molecule has 1 aromatic rings. The van der Waals surface area contributed by atoms with Crippen molar-refractivity contribution in [3.8, 4) is 0 Å². The molecule has 5 heteroatoms. The number of nitrogens with zero attached hydrogens (tertiary/aromatic N) is 3. The highest BCUT2D eigenvalue weighted by Gasteiger charge is 2.41. The first-order valence-electron chi connectivity index (χ1n) is 5.16. The van der Waals surface area contributed by atoms with Crippen LogP contribution in [0.4, 0.5) is 5.82 Å². The van der Waals surface area contributed by atoms with E-state index >= 15 is 0 Å². The largest absolute Gasteiger partial charge is 0.351 e. The first-order valence-corrected chi connectivity index (χ1v) is 5.16. The Balaban J connectivity index is 1.87. The fourth-order valence-electron chi connectivity index (χ4n) is 2.45. The maximum absolute atomic E-state index is 11.3. The van der Waals surface area contributed by atoms with E-state index < -0.39 is 0 Å². The quantitative estimate of drug-likeness (QED) is 0.696. The van der Waals surface area contributed by atoms with E-state index in [1.807, 2.05) is 0 Å². The SMILES string of the molecule is O=C1C[C@H]2[C@H](CCN2c2cnccn2)N1. The number of aromatic nitrogens is 2. The number of carbonyl (C=O) groups excluding carboxylic acids is 1. The molecule has 3 rings (SSSR count). The molecule has 1 N–H and O–H groups in total. The molecule has 0 aliphatic carbocycles. The van der Waals surface area contributed by atoms with Crippen molar-refractivity contribution < 1.29 is 4.79 Å². The van der Waals surface area contributed by atoms with Crippen LogP contribution in [0.15, 0.2) is 18.6 Å². The molecule has 2 atom stereocenters. The predicted octanol–water partition coefficient (Wildman–Crippen LogP) is -0.0562. The molecule has 15 heavy (non-hydrogen) atoms. The van der Waals surface area contributed by atoms with E-state index in [4.69, 9.17) is 0 Å². The number of nitrogens with one attached hydrogen (secondary N) is 1. The Morgan fingerprint density at radius 1 is 1.47 bits per heavy atom. The van der Waals surface area contributed by atoms with Crippen LogP contribution in [0, 0.1) is 0 Å². The standard InChI is InChI=1S/C10H12N4O/c15-10-5-8-7(13-10)1-4-14(8)9-6-11-2-3-12-9/h2-3,6-8H,1,4-5H2,(H,13,15)/t7-,8-/m0/s1. The predicted molar refractivity (Wildman–Crippen MR) is 54.3 cm³/mol. The molecule has 1 amide bonds. The second-order valence-electron chi connectivity index (χ2n) is 3.99. The molecule has 2 aliphatic heterocycles. The van der Waals surface area contributed by atoms with Gasteiger partial charge in [-0.3, -0.25) is 9.78 Å². The number of rotatable bonds is 1. The zero-order valence-corrected chi connectivity index (χ0v) is 8.26. The minimum absolute atomic E-state index is 0.151. The Labute approximate surface area is 87.5 Å². The summed E-state index contributed by atoms with van der Waals surface area (Å²) >= 11 is 0. The molecule has 2 aliphatic rings. The van der Waals surface area contributed by atoms with Crippen LogP contribution in [-0.4, -0.2) is 34.5 Å². The second kappa shape index (κ2) is 3.18. The Hall–Kier alpha value is -1.65. The molecule has 3 heterocycles. The molecule has 0 spiro atoms. The van der Waals surface area contributed by atoms with Crippen LogP contribution in [0.25, 0.3) is 0 Å². The lowest BCUT2D eigenvalue weighted by Gasteiger charge is -2.22. The van der Waals surface area contributed by atoms with Crippen LogP contribution in [0.3, 0.4) is 0 Å². The van der Waals surface area contributed by atoms with Crippen LogP contribution in [0.5, 0.6) is 0 Å². The van der Waals surface area contributed by atoms with E-state index in [1.54, 1.807) is 18.6 Å². The van der Waals surface area contributed by atoms with Gasteiger partial charge in [0.2, 0.25) is 5.91 Å².